The Bertz CT molecular complexity index is 642. The first-order valence-electron chi connectivity index (χ1n) is 6.11. The van der Waals surface area contributed by atoms with Crippen molar-refractivity contribution in [2.45, 2.75) is 12.5 Å². The third-order valence-corrected chi connectivity index (χ3v) is 4.24. The second-order valence-electron chi connectivity index (χ2n) is 5.01. The zero-order valence-corrected chi connectivity index (χ0v) is 12.1. The number of sulfone groups is 1. The number of carbonyl (C=O) groups is 2. The number of benzene rings is 1. The molecule has 0 bridgehead atoms. The quantitative estimate of drug-likeness (QED) is 0.820. The number of nitrogens with one attached hydrogen (secondary N) is 1. The molecule has 108 valence electrons. The normalized spacial score (nSPS) is 23.0. The van der Waals surface area contributed by atoms with Crippen LogP contribution in [0, 0.1) is 0 Å². The highest BCUT2D eigenvalue weighted by molar-refractivity contribution is 7.90. The van der Waals surface area contributed by atoms with Crippen LogP contribution in [0.4, 0.5) is 4.79 Å². The molecule has 2 rings (SSSR count). The molecule has 1 N–H and O–H groups in total. The second-order valence-corrected chi connectivity index (χ2v) is 7.27. The molecule has 1 aliphatic heterocycles. The lowest BCUT2D eigenvalue weighted by Crippen LogP contribution is -2.41. The minimum Gasteiger partial charge on any atom is -0.319 e. The third-order valence-electron chi connectivity index (χ3n) is 3.31. The number of urea groups is 1. The summed E-state index contributed by atoms with van der Waals surface area (Å²) in [6.07, 6.45) is 1.07. The van der Waals surface area contributed by atoms with E-state index in [9.17, 15) is 18.0 Å². The zero-order valence-electron chi connectivity index (χ0n) is 11.3. The van der Waals surface area contributed by atoms with Crippen LogP contribution >= 0.6 is 0 Å². The number of carbonyl (C=O) groups excluding carboxylic acids is 2. The van der Waals surface area contributed by atoms with E-state index in [-0.39, 0.29) is 12.3 Å². The molecule has 3 amide bonds. The largest absolute Gasteiger partial charge is 0.325 e. The van der Waals surface area contributed by atoms with Crippen LogP contribution in [0.15, 0.2) is 30.3 Å². The van der Waals surface area contributed by atoms with Gasteiger partial charge in [0.2, 0.25) is 0 Å². The molecule has 1 aliphatic rings. The van der Waals surface area contributed by atoms with Crippen molar-refractivity contribution in [1.82, 2.24) is 10.2 Å². The first kappa shape index (κ1) is 14.5. The fraction of sp³-hybridized carbons (Fsp3) is 0.385. The molecule has 1 atom stereocenters. The smallest absolute Gasteiger partial charge is 0.319 e. The molecule has 0 saturated carbocycles. The predicted molar refractivity (Wildman–Crippen MR) is 73.7 cm³/mol. The van der Waals surface area contributed by atoms with E-state index in [0.717, 1.165) is 11.2 Å². The first-order valence-corrected chi connectivity index (χ1v) is 8.17. The number of hydrogen-bond donors (Lipinski definition) is 1. The van der Waals surface area contributed by atoms with Crippen molar-refractivity contribution >= 4 is 21.8 Å². The van der Waals surface area contributed by atoms with Crippen LogP contribution in [0.5, 0.6) is 0 Å². The molecule has 0 radical (unpaired) electrons. The van der Waals surface area contributed by atoms with Crippen LogP contribution in [0.2, 0.25) is 0 Å². The number of rotatable bonds is 4. The number of amides is 3. The molecule has 0 aromatic heterocycles. The van der Waals surface area contributed by atoms with Gasteiger partial charge in [-0.3, -0.25) is 9.69 Å². The Balaban J connectivity index is 2.25. The molecule has 1 heterocycles. The summed E-state index contributed by atoms with van der Waals surface area (Å²) in [5.41, 5.74) is -0.476. The summed E-state index contributed by atoms with van der Waals surface area (Å²) in [7, 11) is -3.23. The Morgan fingerprint density at radius 1 is 1.20 bits per heavy atom. The lowest BCUT2D eigenvalue weighted by molar-refractivity contribution is -0.130. The number of hydrogen-bond acceptors (Lipinski definition) is 4. The van der Waals surface area contributed by atoms with Crippen LogP contribution in [0.25, 0.3) is 0 Å². The third kappa shape index (κ3) is 2.67. The van der Waals surface area contributed by atoms with Gasteiger partial charge in [-0.05, 0) is 12.5 Å². The Morgan fingerprint density at radius 3 is 2.35 bits per heavy atom. The summed E-state index contributed by atoms with van der Waals surface area (Å²) < 4.78 is 22.3. The van der Waals surface area contributed by atoms with E-state index in [4.69, 9.17) is 0 Å². The van der Waals surface area contributed by atoms with Gasteiger partial charge >= 0.3 is 6.03 Å². The number of nitrogens with zero attached hydrogens (tertiary/aromatic N) is 1. The molecule has 1 aromatic rings. The molecule has 1 unspecified atom stereocenters. The van der Waals surface area contributed by atoms with E-state index in [1.54, 1.807) is 31.2 Å². The summed E-state index contributed by atoms with van der Waals surface area (Å²) in [5.74, 6) is -0.672. The van der Waals surface area contributed by atoms with Gasteiger partial charge in [-0.1, -0.05) is 30.3 Å². The predicted octanol–water partition coefficient (Wildman–Crippen LogP) is 0.498. The topological polar surface area (TPSA) is 83.6 Å². The Labute approximate surface area is 117 Å². The molecule has 1 aromatic carbocycles. The molecule has 0 aliphatic carbocycles. The second kappa shape index (κ2) is 4.90. The molecule has 7 heteroatoms. The maximum absolute atomic E-state index is 12.4. The van der Waals surface area contributed by atoms with Gasteiger partial charge in [-0.15, -0.1) is 0 Å². The Kier molecular flexibility index (Phi) is 3.56. The lowest BCUT2D eigenvalue weighted by atomic mass is 9.92. The van der Waals surface area contributed by atoms with Gasteiger partial charge in [0.1, 0.15) is 15.4 Å². The van der Waals surface area contributed by atoms with Crippen LogP contribution in [0.1, 0.15) is 12.5 Å². The van der Waals surface area contributed by atoms with Gasteiger partial charge in [0.25, 0.3) is 5.91 Å². The van der Waals surface area contributed by atoms with Crippen LogP contribution < -0.4 is 5.32 Å². The molecular formula is C13H16N2O4S. The van der Waals surface area contributed by atoms with Crippen molar-refractivity contribution in [3.8, 4) is 0 Å². The van der Waals surface area contributed by atoms with Gasteiger partial charge in [-0.2, -0.15) is 0 Å². The Hall–Kier alpha value is -1.89. The maximum Gasteiger partial charge on any atom is 0.325 e. The maximum atomic E-state index is 12.4. The first-order chi connectivity index (χ1) is 9.24. The van der Waals surface area contributed by atoms with E-state index in [2.05, 4.69) is 5.32 Å². The van der Waals surface area contributed by atoms with Crippen molar-refractivity contribution in [1.29, 1.82) is 0 Å². The summed E-state index contributed by atoms with van der Waals surface area (Å²) in [6, 6.07) is 8.30. The van der Waals surface area contributed by atoms with Gasteiger partial charge in [0.15, 0.2) is 0 Å². The SMILES string of the molecule is CC1(c2ccccc2)NC(=O)N(CCS(C)(=O)=O)C1=O. The monoisotopic (exact) mass is 296 g/mol. The molecule has 0 spiro atoms. The summed E-state index contributed by atoms with van der Waals surface area (Å²) in [5, 5.41) is 2.63. The summed E-state index contributed by atoms with van der Waals surface area (Å²) >= 11 is 0. The highest BCUT2D eigenvalue weighted by Gasteiger charge is 2.48. The minimum absolute atomic E-state index is 0.133. The average molecular weight is 296 g/mol. The lowest BCUT2D eigenvalue weighted by Gasteiger charge is -2.22. The van der Waals surface area contributed by atoms with Gasteiger partial charge < -0.3 is 5.32 Å². The van der Waals surface area contributed by atoms with Crippen LogP contribution in [0.3, 0.4) is 0 Å². The molecule has 1 fully saturated rings. The standard InChI is InChI=1S/C13H16N2O4S/c1-13(10-6-4-3-5-7-10)11(16)15(12(17)14-13)8-9-20(2,18)19/h3-7H,8-9H2,1-2H3,(H,14,17). The highest BCUT2D eigenvalue weighted by atomic mass is 32.2. The van der Waals surface area contributed by atoms with Crippen molar-refractivity contribution in [2.24, 2.45) is 0 Å². The van der Waals surface area contributed by atoms with E-state index in [0.29, 0.717) is 5.56 Å². The van der Waals surface area contributed by atoms with E-state index < -0.39 is 27.3 Å². The van der Waals surface area contributed by atoms with Gasteiger partial charge in [-0.25, -0.2) is 13.2 Å². The fourth-order valence-corrected chi connectivity index (χ4v) is 2.64. The van der Waals surface area contributed by atoms with Crippen LogP contribution in [-0.4, -0.2) is 43.8 Å². The average Bonchev–Trinajstić information content (AvgIpc) is 2.59. The van der Waals surface area contributed by atoms with Crippen molar-refractivity contribution in [3.63, 3.8) is 0 Å². The van der Waals surface area contributed by atoms with Crippen molar-refractivity contribution in [3.05, 3.63) is 35.9 Å². The van der Waals surface area contributed by atoms with E-state index in [1.165, 1.54) is 0 Å². The molecular weight excluding hydrogens is 280 g/mol. The van der Waals surface area contributed by atoms with Crippen molar-refractivity contribution < 1.29 is 18.0 Å². The molecule has 20 heavy (non-hydrogen) atoms. The van der Waals surface area contributed by atoms with Gasteiger partial charge in [0, 0.05) is 12.8 Å². The summed E-state index contributed by atoms with van der Waals surface area (Å²) in [4.78, 5) is 25.2. The Morgan fingerprint density at radius 2 is 1.80 bits per heavy atom. The van der Waals surface area contributed by atoms with Crippen LogP contribution in [-0.2, 0) is 20.2 Å². The minimum atomic E-state index is -3.23. The van der Waals surface area contributed by atoms with E-state index >= 15 is 0 Å². The highest BCUT2D eigenvalue weighted by Crippen LogP contribution is 2.28. The van der Waals surface area contributed by atoms with Crippen molar-refractivity contribution in [2.75, 3.05) is 18.6 Å². The molecule has 6 nitrogen and oxygen atoms in total. The fourth-order valence-electron chi connectivity index (χ4n) is 2.12. The zero-order chi connectivity index (χ0) is 15.0. The number of imide groups is 1. The summed E-state index contributed by atoms with van der Waals surface area (Å²) in [6.45, 7) is 1.48. The van der Waals surface area contributed by atoms with Gasteiger partial charge in [0.05, 0.1) is 5.75 Å². The van der Waals surface area contributed by atoms with E-state index in [1.807, 2.05) is 6.07 Å². The molecule has 1 saturated heterocycles.